The van der Waals surface area contributed by atoms with Gasteiger partial charge in [-0.05, 0) is 31.9 Å². The van der Waals surface area contributed by atoms with Crippen LogP contribution in [0.25, 0.3) is 0 Å². The molecule has 0 spiro atoms. The van der Waals surface area contributed by atoms with E-state index in [-0.39, 0.29) is 24.6 Å². The summed E-state index contributed by atoms with van der Waals surface area (Å²) < 4.78 is 52.7. The molecule has 0 bridgehead atoms. The van der Waals surface area contributed by atoms with Crippen LogP contribution in [0.4, 0.5) is 0 Å². The van der Waals surface area contributed by atoms with Gasteiger partial charge in [0.15, 0.2) is 18.9 Å². The number of carboxylic acids is 1. The molecule has 434 valence electrons. The Morgan fingerprint density at radius 1 is 0.724 bits per heavy atom. The molecule has 1 aromatic carbocycles. The molecule has 15 unspecified atom stereocenters. The Morgan fingerprint density at radius 3 is 1.92 bits per heavy atom. The fourth-order valence-electron chi connectivity index (χ4n) is 9.38. The first-order chi connectivity index (χ1) is 36.1. The number of unbranched alkanes of at least 4 members (excludes halogenated alkanes) is 5. The lowest BCUT2D eigenvalue weighted by Gasteiger charge is -2.52. The zero-order valence-electron chi connectivity index (χ0n) is 42.0. The van der Waals surface area contributed by atoms with Gasteiger partial charge in [-0.3, -0.25) is 14.4 Å². The molecule has 0 radical (unpaired) electrons. The minimum atomic E-state index is -3.20. The Hall–Kier alpha value is -3.90. The van der Waals surface area contributed by atoms with Crippen LogP contribution in [0.15, 0.2) is 18.2 Å². The molecular weight excluding hydrogens is 1020 g/mol. The maximum atomic E-state index is 14.3. The smallest absolute Gasteiger partial charge is 0.364 e. The molecule has 16 N–H and O–H groups in total. The standard InChI is InChI=1S/C47H74N2O27/c1-20-11-12-23(55)22(14-20)42(65)49-31-40(38(73-44-36(63)35(62)33(60)26(17-51)70-44)28(19-53)72-43(31)69-13-9-7-5-4-6-8-10-29(58)68-3)74-45-37(64)41(34(61)27(18-52)71-45)76-47(46(66)67)15-24(56)30(48-21(2)54)39(75-47)32(59)25(57)16-50/h11-12,14,24-28,30-41,43-45,50-53,55-57,59-64H,4-10,13,15-19H2,1-3H3,(H,48,54)(H,49,65)(H,66,67)/t24?,25?,26?,27?,28?,30-,31?,32?,33-,34-,35?,36?,37?,38+,39?,40?,41?,43-,44?,45?,47+/m1/s1. The van der Waals surface area contributed by atoms with Gasteiger partial charge in [0.2, 0.25) is 5.91 Å². The van der Waals surface area contributed by atoms with Crippen molar-refractivity contribution in [3.05, 3.63) is 29.3 Å². The molecule has 0 aliphatic carbocycles. The third-order valence-corrected chi connectivity index (χ3v) is 13.6. The predicted molar refractivity (Wildman–Crippen MR) is 249 cm³/mol. The lowest BCUT2D eigenvalue weighted by Crippen LogP contribution is -2.71. The van der Waals surface area contributed by atoms with Gasteiger partial charge in [-0.2, -0.15) is 0 Å². The summed E-state index contributed by atoms with van der Waals surface area (Å²) in [6, 6.07) is 0.672. The van der Waals surface area contributed by atoms with Crippen molar-refractivity contribution in [1.82, 2.24) is 10.6 Å². The van der Waals surface area contributed by atoms with Gasteiger partial charge >= 0.3 is 11.9 Å². The van der Waals surface area contributed by atoms with Crippen molar-refractivity contribution in [3.8, 4) is 5.75 Å². The molecule has 29 nitrogen and oxygen atoms in total. The number of ether oxygens (including phenoxy) is 9. The molecule has 29 heteroatoms. The molecule has 1 aromatic rings. The van der Waals surface area contributed by atoms with E-state index in [0.717, 1.165) is 19.8 Å². The Balaban J connectivity index is 1.56. The summed E-state index contributed by atoms with van der Waals surface area (Å²) in [5, 5.41) is 156. The molecule has 21 atom stereocenters. The number of carboxylic acid groups (broad SMARTS) is 1. The number of aliphatic carboxylic acids is 1. The lowest BCUT2D eigenvalue weighted by molar-refractivity contribution is -0.391. The van der Waals surface area contributed by atoms with Gasteiger partial charge in [-0.15, -0.1) is 0 Å². The first kappa shape index (κ1) is 62.9. The zero-order chi connectivity index (χ0) is 56.2. The van der Waals surface area contributed by atoms with Crippen molar-refractivity contribution in [2.24, 2.45) is 0 Å². The summed E-state index contributed by atoms with van der Waals surface area (Å²) in [4.78, 5) is 51.2. The van der Waals surface area contributed by atoms with Crippen LogP contribution in [0, 0.1) is 6.92 Å². The van der Waals surface area contributed by atoms with E-state index in [9.17, 15) is 90.7 Å². The third-order valence-electron chi connectivity index (χ3n) is 13.6. The van der Waals surface area contributed by atoms with Crippen LogP contribution in [-0.2, 0) is 57.0 Å². The number of rotatable bonds is 26. The number of methoxy groups -OCH3 is 1. The van der Waals surface area contributed by atoms with Gasteiger partial charge < -0.3 is 125 Å². The first-order valence-electron chi connectivity index (χ1n) is 24.9. The van der Waals surface area contributed by atoms with Crippen molar-refractivity contribution in [2.75, 3.05) is 40.1 Å². The van der Waals surface area contributed by atoms with Crippen molar-refractivity contribution in [2.45, 2.75) is 194 Å². The maximum absolute atomic E-state index is 14.3. The molecule has 4 aliphatic heterocycles. The highest BCUT2D eigenvalue weighted by molar-refractivity contribution is 5.97. The summed E-state index contributed by atoms with van der Waals surface area (Å²) in [6.07, 6.45) is -33.2. The number of esters is 1. The fraction of sp³-hybridized carbons (Fsp3) is 0.787. The number of phenolic OH excluding ortho intramolecular Hbond substituents is 1. The highest BCUT2D eigenvalue weighted by Gasteiger charge is 2.61. The molecule has 2 amide bonds. The minimum absolute atomic E-state index is 0.0911. The largest absolute Gasteiger partial charge is 0.507 e. The van der Waals surface area contributed by atoms with E-state index < -0.39 is 185 Å². The number of hydrogen-bond acceptors (Lipinski definition) is 26. The molecule has 5 rings (SSSR count). The van der Waals surface area contributed by atoms with Crippen LogP contribution in [0.3, 0.4) is 0 Å². The molecule has 4 heterocycles. The van der Waals surface area contributed by atoms with E-state index in [0.29, 0.717) is 31.2 Å². The number of carbonyl (C=O) groups is 4. The SMILES string of the molecule is COC(=O)CCCCCCCCO[C@@H]1OC(CO)[C@H](OC2OC(CO)[C@@H](O)C(O)C2O)C(OC2OC(CO)[C@@H](O)C(O[C@]3(C(=O)O)CC(O)[C@@H](NC(C)=O)C(C(O)C(O)CO)O3)C2O)C1NC(=O)c1cc(C)ccc1O. The number of benzene rings is 1. The molecular formula is C47H74N2O27. The lowest BCUT2D eigenvalue weighted by atomic mass is 9.88. The first-order valence-corrected chi connectivity index (χ1v) is 24.9. The number of aliphatic hydroxyl groups is 12. The van der Waals surface area contributed by atoms with Gasteiger partial charge in [-0.25, -0.2) is 4.79 Å². The monoisotopic (exact) mass is 1100 g/mol. The van der Waals surface area contributed by atoms with Gasteiger partial charge in [-0.1, -0.05) is 37.3 Å². The van der Waals surface area contributed by atoms with E-state index in [1.807, 2.05) is 0 Å². The highest BCUT2D eigenvalue weighted by atomic mass is 16.8. The molecule has 0 aromatic heterocycles. The van der Waals surface area contributed by atoms with Crippen molar-refractivity contribution < 1.29 is 133 Å². The molecule has 4 saturated heterocycles. The van der Waals surface area contributed by atoms with Crippen molar-refractivity contribution in [3.63, 3.8) is 0 Å². The predicted octanol–water partition coefficient (Wildman–Crippen LogP) is -6.02. The number of aliphatic hydroxyl groups excluding tert-OH is 12. The van der Waals surface area contributed by atoms with Crippen LogP contribution < -0.4 is 10.6 Å². The van der Waals surface area contributed by atoms with E-state index in [2.05, 4.69) is 15.4 Å². The Kier molecular flexibility index (Phi) is 23.9. The maximum Gasteiger partial charge on any atom is 0.364 e. The molecule has 0 saturated carbocycles. The minimum Gasteiger partial charge on any atom is -0.507 e. The quantitative estimate of drug-likeness (QED) is 0.0303. The Labute approximate surface area is 435 Å². The number of aromatic hydroxyl groups is 1. The average Bonchev–Trinajstić information content (AvgIpc) is 3.39. The topological polar surface area (TPSA) is 459 Å². The molecule has 76 heavy (non-hydrogen) atoms. The van der Waals surface area contributed by atoms with Crippen LogP contribution in [0.5, 0.6) is 5.75 Å². The molecule has 4 aliphatic rings. The average molecular weight is 1100 g/mol. The summed E-state index contributed by atoms with van der Waals surface area (Å²) >= 11 is 0. The summed E-state index contributed by atoms with van der Waals surface area (Å²) in [6.45, 7) is -1.60. The number of nitrogens with one attached hydrogen (secondary N) is 2. The summed E-state index contributed by atoms with van der Waals surface area (Å²) in [7, 11) is 1.30. The second-order valence-corrected chi connectivity index (χ2v) is 19.1. The van der Waals surface area contributed by atoms with Gasteiger partial charge in [0.05, 0.1) is 51.2 Å². The fourth-order valence-corrected chi connectivity index (χ4v) is 9.38. The number of amides is 2. The normalized spacial score (nSPS) is 36.7. The van der Waals surface area contributed by atoms with E-state index >= 15 is 0 Å². The summed E-state index contributed by atoms with van der Waals surface area (Å²) in [5.74, 6) is -7.91. The number of hydrogen-bond donors (Lipinski definition) is 16. The van der Waals surface area contributed by atoms with Gasteiger partial charge in [0.25, 0.3) is 11.7 Å². The van der Waals surface area contributed by atoms with Crippen molar-refractivity contribution >= 4 is 23.8 Å². The van der Waals surface area contributed by atoms with E-state index in [1.165, 1.54) is 25.3 Å². The van der Waals surface area contributed by atoms with Gasteiger partial charge in [0.1, 0.15) is 97.2 Å². The zero-order valence-corrected chi connectivity index (χ0v) is 42.0. The second-order valence-electron chi connectivity index (χ2n) is 19.1. The number of aryl methyl sites for hydroxylation is 1. The highest BCUT2D eigenvalue weighted by Crippen LogP contribution is 2.39. The molecule has 4 fully saturated rings. The van der Waals surface area contributed by atoms with E-state index in [4.69, 9.17) is 37.9 Å². The van der Waals surface area contributed by atoms with Gasteiger partial charge in [0, 0.05) is 26.4 Å². The van der Waals surface area contributed by atoms with E-state index in [1.54, 1.807) is 6.92 Å². The Morgan fingerprint density at radius 2 is 1.32 bits per heavy atom. The van der Waals surface area contributed by atoms with Crippen LogP contribution in [0.2, 0.25) is 0 Å². The van der Waals surface area contributed by atoms with Crippen LogP contribution >= 0.6 is 0 Å². The summed E-state index contributed by atoms with van der Waals surface area (Å²) in [5.41, 5.74) is 0.219. The van der Waals surface area contributed by atoms with Crippen LogP contribution in [-0.4, -0.2) is 264 Å². The van der Waals surface area contributed by atoms with Crippen LogP contribution in [0.1, 0.15) is 74.2 Å². The van der Waals surface area contributed by atoms with Crippen molar-refractivity contribution in [1.29, 1.82) is 0 Å². The second kappa shape index (κ2) is 28.8. The Bertz CT molecular complexity index is 2020. The number of carbonyl (C=O) groups excluding carboxylic acids is 3. The number of phenols is 1. The third kappa shape index (κ3) is 15.3.